The first-order chi connectivity index (χ1) is 10.5. The molecule has 1 aromatic rings. The third-order valence-corrected chi connectivity index (χ3v) is 4.02. The van der Waals surface area contributed by atoms with Crippen molar-refractivity contribution in [3.8, 4) is 5.75 Å². The number of hydrogen-bond acceptors (Lipinski definition) is 2. The molecule has 0 aromatic heterocycles. The fourth-order valence-electron chi connectivity index (χ4n) is 2.96. The Bertz CT molecular complexity index is 686. The zero-order chi connectivity index (χ0) is 16.3. The molecular weight excluding hydrogens is 270 g/mol. The summed E-state index contributed by atoms with van der Waals surface area (Å²) in [7, 11) is 1.66. The van der Waals surface area contributed by atoms with E-state index in [1.54, 1.807) is 7.11 Å². The van der Waals surface area contributed by atoms with Crippen molar-refractivity contribution in [3.05, 3.63) is 53.3 Å². The van der Waals surface area contributed by atoms with Gasteiger partial charge in [-0.1, -0.05) is 32.1 Å². The van der Waals surface area contributed by atoms with Crippen LogP contribution in [-0.4, -0.2) is 7.11 Å². The van der Waals surface area contributed by atoms with Crippen molar-refractivity contribution in [3.63, 3.8) is 0 Å². The number of nitrogen functional groups attached to an aromatic ring is 1. The third-order valence-electron chi connectivity index (χ3n) is 4.02. The van der Waals surface area contributed by atoms with Crippen LogP contribution in [0.2, 0.25) is 0 Å². The van der Waals surface area contributed by atoms with Gasteiger partial charge < -0.3 is 10.5 Å². The van der Waals surface area contributed by atoms with Crippen LogP contribution in [0.4, 0.5) is 5.69 Å². The van der Waals surface area contributed by atoms with E-state index in [0.717, 1.165) is 24.2 Å². The maximum absolute atomic E-state index is 6.14. The van der Waals surface area contributed by atoms with E-state index in [1.165, 1.54) is 22.3 Å². The van der Waals surface area contributed by atoms with E-state index in [1.807, 2.05) is 12.1 Å². The first-order valence-electron chi connectivity index (χ1n) is 7.72. The summed E-state index contributed by atoms with van der Waals surface area (Å²) in [5, 5.41) is 0. The van der Waals surface area contributed by atoms with Crippen LogP contribution >= 0.6 is 0 Å². The Balaban J connectivity index is 2.77. The lowest BCUT2D eigenvalue weighted by atomic mass is 9.92. The van der Waals surface area contributed by atoms with E-state index >= 15 is 0 Å². The van der Waals surface area contributed by atoms with Crippen molar-refractivity contribution in [2.24, 2.45) is 5.92 Å². The van der Waals surface area contributed by atoms with Gasteiger partial charge in [-0.2, -0.15) is 0 Å². The minimum absolute atomic E-state index is 0.503. The molecule has 0 atom stereocenters. The highest BCUT2D eigenvalue weighted by molar-refractivity contribution is 5.89. The third kappa shape index (κ3) is 3.18. The molecule has 2 rings (SSSR count). The Morgan fingerprint density at radius 2 is 2.00 bits per heavy atom. The van der Waals surface area contributed by atoms with E-state index in [0.29, 0.717) is 11.6 Å². The number of anilines is 1. The van der Waals surface area contributed by atoms with E-state index in [-0.39, 0.29) is 0 Å². The first-order valence-corrected chi connectivity index (χ1v) is 7.72. The fraction of sp³-hybridized carbons (Fsp3) is 0.350. The van der Waals surface area contributed by atoms with E-state index in [9.17, 15) is 0 Å². The predicted molar refractivity (Wildman–Crippen MR) is 95.8 cm³/mol. The highest BCUT2D eigenvalue weighted by Crippen LogP contribution is 2.41. The van der Waals surface area contributed by atoms with Gasteiger partial charge in [-0.05, 0) is 66.2 Å². The van der Waals surface area contributed by atoms with Crippen LogP contribution in [0.1, 0.15) is 44.7 Å². The number of hydrogen-bond donors (Lipinski definition) is 1. The molecule has 2 N–H and O–H groups in total. The molecule has 0 heterocycles. The van der Waals surface area contributed by atoms with E-state index < -0.39 is 0 Å². The lowest BCUT2D eigenvalue weighted by Gasteiger charge is -2.15. The molecule has 1 aliphatic rings. The number of allylic oxidation sites excluding steroid dienone is 5. The van der Waals surface area contributed by atoms with Gasteiger partial charge in [0.05, 0.1) is 12.8 Å². The number of fused-ring (bicyclic) bond motifs is 1. The van der Waals surface area contributed by atoms with Crippen molar-refractivity contribution in [2.45, 2.75) is 33.6 Å². The van der Waals surface area contributed by atoms with Crippen molar-refractivity contribution in [1.29, 1.82) is 0 Å². The maximum Gasteiger partial charge on any atom is 0.142 e. The van der Waals surface area contributed by atoms with Gasteiger partial charge in [-0.25, -0.2) is 0 Å². The smallest absolute Gasteiger partial charge is 0.142 e. The van der Waals surface area contributed by atoms with Crippen LogP contribution in [0.3, 0.4) is 0 Å². The minimum Gasteiger partial charge on any atom is -0.495 e. The normalized spacial score (nSPS) is 16.3. The number of methoxy groups -OCH3 is 1. The molecule has 0 fully saturated rings. The summed E-state index contributed by atoms with van der Waals surface area (Å²) in [6.07, 6.45) is 6.35. The van der Waals surface area contributed by atoms with Gasteiger partial charge >= 0.3 is 0 Å². The average molecular weight is 295 g/mol. The molecule has 0 radical (unpaired) electrons. The van der Waals surface area contributed by atoms with Crippen LogP contribution in [-0.2, 0) is 0 Å². The van der Waals surface area contributed by atoms with Gasteiger partial charge in [-0.15, -0.1) is 5.73 Å². The van der Waals surface area contributed by atoms with Crippen molar-refractivity contribution in [2.75, 3.05) is 12.8 Å². The summed E-state index contributed by atoms with van der Waals surface area (Å²) < 4.78 is 5.42. The number of rotatable bonds is 3. The Morgan fingerprint density at radius 1 is 1.27 bits per heavy atom. The topological polar surface area (TPSA) is 35.2 Å². The predicted octanol–water partition coefficient (Wildman–Crippen LogP) is 5.23. The molecule has 0 spiro atoms. The van der Waals surface area contributed by atoms with Crippen LogP contribution < -0.4 is 10.5 Å². The number of benzene rings is 1. The quantitative estimate of drug-likeness (QED) is 0.612. The summed E-state index contributed by atoms with van der Waals surface area (Å²) in [6, 6.07) is 4.08. The summed E-state index contributed by atoms with van der Waals surface area (Å²) in [5.74, 6) is 1.23. The summed E-state index contributed by atoms with van der Waals surface area (Å²) in [5.41, 5.74) is 15.9. The minimum atomic E-state index is 0.503. The second-order valence-corrected chi connectivity index (χ2v) is 6.12. The Hall–Kier alpha value is -2.18. The maximum atomic E-state index is 6.14. The zero-order valence-corrected chi connectivity index (χ0v) is 14.0. The average Bonchev–Trinajstić information content (AvgIpc) is 2.58. The summed E-state index contributed by atoms with van der Waals surface area (Å²) in [6.45, 7) is 10.3. The highest BCUT2D eigenvalue weighted by Gasteiger charge is 2.19. The molecule has 0 bridgehead atoms. The molecule has 0 saturated heterocycles. The van der Waals surface area contributed by atoms with Gasteiger partial charge in [0.2, 0.25) is 0 Å². The second kappa shape index (κ2) is 6.72. The molecule has 1 aliphatic carbocycles. The molecule has 1 aromatic carbocycles. The van der Waals surface area contributed by atoms with Crippen LogP contribution in [0.5, 0.6) is 5.75 Å². The Labute approximate surface area is 133 Å². The molecule has 0 saturated carbocycles. The first kappa shape index (κ1) is 16.2. The highest BCUT2D eigenvalue weighted by atomic mass is 16.5. The molecule has 22 heavy (non-hydrogen) atoms. The summed E-state index contributed by atoms with van der Waals surface area (Å²) >= 11 is 0. The van der Waals surface area contributed by atoms with Crippen LogP contribution in [0.15, 0.2) is 42.2 Å². The lowest BCUT2D eigenvalue weighted by molar-refractivity contribution is 0.417. The number of ether oxygens (including phenoxy) is 1. The van der Waals surface area contributed by atoms with Crippen LogP contribution in [0, 0.1) is 5.92 Å². The van der Waals surface area contributed by atoms with Gasteiger partial charge in [0.15, 0.2) is 0 Å². The SMILES string of the molecule is C=C=CC1=C(C)CC/C(=C/C(C)C)c2cc(OC)c(N)cc21. The van der Waals surface area contributed by atoms with Crippen molar-refractivity contribution < 1.29 is 4.74 Å². The largest absolute Gasteiger partial charge is 0.495 e. The Morgan fingerprint density at radius 3 is 2.59 bits per heavy atom. The van der Waals surface area contributed by atoms with Crippen LogP contribution in [0.25, 0.3) is 11.1 Å². The second-order valence-electron chi connectivity index (χ2n) is 6.12. The van der Waals surface area contributed by atoms with E-state index in [2.05, 4.69) is 45.2 Å². The molecule has 0 unspecified atom stereocenters. The van der Waals surface area contributed by atoms with E-state index in [4.69, 9.17) is 10.5 Å². The molecular formula is C20H25NO. The lowest BCUT2D eigenvalue weighted by Crippen LogP contribution is -1.99. The van der Waals surface area contributed by atoms with Crippen molar-refractivity contribution in [1.82, 2.24) is 0 Å². The molecule has 116 valence electrons. The molecule has 2 heteroatoms. The van der Waals surface area contributed by atoms with Gasteiger partial charge in [0.25, 0.3) is 0 Å². The molecule has 0 amide bonds. The molecule has 0 aliphatic heterocycles. The van der Waals surface area contributed by atoms with Gasteiger partial charge in [0, 0.05) is 0 Å². The summed E-state index contributed by atoms with van der Waals surface area (Å²) in [4.78, 5) is 0. The Kier molecular flexibility index (Phi) is 4.95. The molecule has 2 nitrogen and oxygen atoms in total. The van der Waals surface area contributed by atoms with Gasteiger partial charge in [0.1, 0.15) is 5.75 Å². The standard InChI is InChI=1S/C20H25NO/c1-6-7-16-14(4)8-9-15(10-13(2)3)17-12-20(22-5)19(21)11-18(16)17/h7,10-13H,1,8-9,21H2,2-5H3/b15-10-. The zero-order valence-electron chi connectivity index (χ0n) is 14.0. The monoisotopic (exact) mass is 295 g/mol. The fourth-order valence-corrected chi connectivity index (χ4v) is 2.96. The number of nitrogens with two attached hydrogens (primary N) is 1. The van der Waals surface area contributed by atoms with Gasteiger partial charge in [-0.3, -0.25) is 0 Å². The van der Waals surface area contributed by atoms with Crippen molar-refractivity contribution >= 4 is 16.8 Å².